The van der Waals surface area contributed by atoms with Gasteiger partial charge in [-0.15, -0.1) is 0 Å². The van der Waals surface area contributed by atoms with Gasteiger partial charge in [0.25, 0.3) is 5.56 Å². The maximum Gasteiger partial charge on any atom is 0.332 e. The van der Waals surface area contributed by atoms with Crippen LogP contribution in [0.2, 0.25) is 0 Å². The van der Waals surface area contributed by atoms with Crippen LogP contribution in [-0.2, 0) is 14.1 Å². The van der Waals surface area contributed by atoms with E-state index in [2.05, 4.69) is 0 Å². The largest absolute Gasteiger partial charge is 0.486 e. The van der Waals surface area contributed by atoms with Crippen molar-refractivity contribution < 1.29 is 9.47 Å². The number of ether oxygens (including phenoxy) is 2. The summed E-state index contributed by atoms with van der Waals surface area (Å²) in [7, 11) is 2.98. The number of nitrogens with zero attached hydrogens (tertiary/aromatic N) is 4. The number of fused-ring (bicyclic) bond motifs is 1. The second kappa shape index (κ2) is 6.50. The first-order valence-corrected chi connectivity index (χ1v) is 8.90. The van der Waals surface area contributed by atoms with E-state index in [0.29, 0.717) is 37.1 Å². The Bertz CT molecular complexity index is 1060. The van der Waals surface area contributed by atoms with E-state index in [-0.39, 0.29) is 11.6 Å². The van der Waals surface area contributed by atoms with E-state index in [1.54, 1.807) is 7.05 Å². The zero-order valence-corrected chi connectivity index (χ0v) is 15.3. The Morgan fingerprint density at radius 2 is 1.93 bits per heavy atom. The second-order valence-corrected chi connectivity index (χ2v) is 6.74. The van der Waals surface area contributed by atoms with Gasteiger partial charge in [0.2, 0.25) is 0 Å². The quantitative estimate of drug-likeness (QED) is 0.788. The van der Waals surface area contributed by atoms with Crippen LogP contribution in [-0.4, -0.2) is 28.9 Å². The molecule has 1 unspecified atom stereocenters. The molecule has 8 heteroatoms. The maximum absolute atomic E-state index is 12.5. The fourth-order valence-corrected chi connectivity index (χ4v) is 3.97. The standard InChI is InChI=1S/C19H20N4O4/c1-21-17(13(11-20)18(24)22(2)19(21)25)23-8-4-6-14(23)12-5-3-7-15-16(12)27-10-9-26-15/h3,5,7,14H,4,6,8-10H2,1-2H3. The second-order valence-electron chi connectivity index (χ2n) is 6.74. The zero-order valence-electron chi connectivity index (χ0n) is 15.3. The van der Waals surface area contributed by atoms with Gasteiger partial charge in [0, 0.05) is 26.2 Å². The number of aromatic nitrogens is 2. The molecule has 1 aromatic carbocycles. The third-order valence-electron chi connectivity index (χ3n) is 5.23. The van der Waals surface area contributed by atoms with Gasteiger partial charge in [0.05, 0.1) is 6.04 Å². The molecule has 1 saturated heterocycles. The first-order chi connectivity index (χ1) is 13.0. The minimum atomic E-state index is -0.573. The van der Waals surface area contributed by atoms with Crippen LogP contribution in [0.1, 0.15) is 30.0 Å². The van der Waals surface area contributed by atoms with E-state index in [1.807, 2.05) is 29.2 Å². The molecule has 3 heterocycles. The normalized spacial score (nSPS) is 18.4. The highest BCUT2D eigenvalue weighted by atomic mass is 16.6. The van der Waals surface area contributed by atoms with Crippen molar-refractivity contribution in [3.05, 3.63) is 50.2 Å². The molecule has 0 N–H and O–H groups in total. The summed E-state index contributed by atoms with van der Waals surface area (Å²) >= 11 is 0. The third-order valence-corrected chi connectivity index (χ3v) is 5.23. The van der Waals surface area contributed by atoms with Gasteiger partial charge >= 0.3 is 5.69 Å². The van der Waals surface area contributed by atoms with Crippen LogP contribution in [0.4, 0.5) is 5.82 Å². The van der Waals surface area contributed by atoms with Crippen LogP contribution in [0.3, 0.4) is 0 Å². The molecule has 1 fully saturated rings. The first-order valence-electron chi connectivity index (χ1n) is 8.90. The summed E-state index contributed by atoms with van der Waals surface area (Å²) in [5.74, 6) is 1.76. The lowest BCUT2D eigenvalue weighted by Gasteiger charge is -2.31. The average molecular weight is 368 g/mol. The van der Waals surface area contributed by atoms with Crippen molar-refractivity contribution in [2.24, 2.45) is 14.1 Å². The summed E-state index contributed by atoms with van der Waals surface area (Å²) in [6.45, 7) is 1.63. The lowest BCUT2D eigenvalue weighted by atomic mass is 10.0. The van der Waals surface area contributed by atoms with Crippen molar-refractivity contribution in [3.63, 3.8) is 0 Å². The molecule has 1 aromatic heterocycles. The highest BCUT2D eigenvalue weighted by molar-refractivity contribution is 5.58. The predicted molar refractivity (Wildman–Crippen MR) is 98.4 cm³/mol. The minimum absolute atomic E-state index is 0.0199. The van der Waals surface area contributed by atoms with Crippen LogP contribution in [0, 0.1) is 11.3 Å². The number of hydrogen-bond donors (Lipinski definition) is 0. The Hall–Kier alpha value is -3.21. The monoisotopic (exact) mass is 368 g/mol. The number of rotatable bonds is 2. The van der Waals surface area contributed by atoms with Gasteiger partial charge in [-0.2, -0.15) is 5.26 Å². The van der Waals surface area contributed by atoms with Gasteiger partial charge in [0.15, 0.2) is 17.1 Å². The van der Waals surface area contributed by atoms with Crippen LogP contribution in [0.25, 0.3) is 0 Å². The molecule has 2 aromatic rings. The highest BCUT2D eigenvalue weighted by Gasteiger charge is 2.34. The average Bonchev–Trinajstić information content (AvgIpc) is 3.17. The number of nitriles is 1. The number of para-hydroxylation sites is 1. The smallest absolute Gasteiger partial charge is 0.332 e. The lowest BCUT2D eigenvalue weighted by molar-refractivity contribution is 0.169. The van der Waals surface area contributed by atoms with Crippen LogP contribution in [0.15, 0.2) is 27.8 Å². The Balaban J connectivity index is 1.89. The van der Waals surface area contributed by atoms with Gasteiger partial charge in [-0.3, -0.25) is 13.9 Å². The number of benzene rings is 1. The van der Waals surface area contributed by atoms with E-state index < -0.39 is 11.2 Å². The van der Waals surface area contributed by atoms with Gasteiger partial charge in [0.1, 0.15) is 25.1 Å². The fourth-order valence-electron chi connectivity index (χ4n) is 3.97. The Labute approximate surface area is 155 Å². The molecule has 1 atom stereocenters. The van der Waals surface area contributed by atoms with E-state index in [4.69, 9.17) is 9.47 Å². The molecule has 0 radical (unpaired) electrons. The highest BCUT2D eigenvalue weighted by Crippen LogP contribution is 2.44. The fraction of sp³-hybridized carbons (Fsp3) is 0.421. The SMILES string of the molecule is Cn1c(N2CCCC2c2cccc3c2OCCO3)c(C#N)c(=O)n(C)c1=O. The molecular formula is C19H20N4O4. The maximum atomic E-state index is 12.5. The van der Waals surface area contributed by atoms with Crippen LogP contribution in [0.5, 0.6) is 11.5 Å². The Morgan fingerprint density at radius 3 is 2.70 bits per heavy atom. The molecule has 0 saturated carbocycles. The van der Waals surface area contributed by atoms with Gasteiger partial charge in [-0.05, 0) is 18.9 Å². The molecule has 0 aliphatic carbocycles. The van der Waals surface area contributed by atoms with Gasteiger partial charge < -0.3 is 14.4 Å². The van der Waals surface area contributed by atoms with E-state index in [9.17, 15) is 14.9 Å². The number of anilines is 1. The Kier molecular flexibility index (Phi) is 4.15. The van der Waals surface area contributed by atoms with E-state index >= 15 is 0 Å². The van der Waals surface area contributed by atoms with Crippen LogP contribution >= 0.6 is 0 Å². The summed E-state index contributed by atoms with van der Waals surface area (Å²) in [5, 5.41) is 9.60. The van der Waals surface area contributed by atoms with Gasteiger partial charge in [-0.25, -0.2) is 4.79 Å². The molecular weight excluding hydrogens is 348 g/mol. The van der Waals surface area contributed by atoms with Crippen molar-refractivity contribution >= 4 is 5.82 Å². The zero-order chi connectivity index (χ0) is 19.1. The van der Waals surface area contributed by atoms with Crippen molar-refractivity contribution in [1.29, 1.82) is 5.26 Å². The third kappa shape index (κ3) is 2.58. The molecule has 27 heavy (non-hydrogen) atoms. The lowest BCUT2D eigenvalue weighted by Crippen LogP contribution is -2.42. The topological polar surface area (TPSA) is 89.5 Å². The molecule has 8 nitrogen and oxygen atoms in total. The summed E-state index contributed by atoms with van der Waals surface area (Å²) in [6.07, 6.45) is 1.71. The van der Waals surface area contributed by atoms with E-state index in [0.717, 1.165) is 23.0 Å². The molecule has 2 aliphatic heterocycles. The van der Waals surface area contributed by atoms with Crippen molar-refractivity contribution in [3.8, 4) is 17.6 Å². The minimum Gasteiger partial charge on any atom is -0.486 e. The van der Waals surface area contributed by atoms with E-state index in [1.165, 1.54) is 11.6 Å². The Morgan fingerprint density at radius 1 is 1.15 bits per heavy atom. The summed E-state index contributed by atoms with van der Waals surface area (Å²) in [5.41, 5.74) is -0.0968. The molecule has 0 spiro atoms. The summed E-state index contributed by atoms with van der Waals surface area (Å²) in [6, 6.07) is 7.64. The molecule has 2 aliphatic rings. The summed E-state index contributed by atoms with van der Waals surface area (Å²) in [4.78, 5) is 26.9. The first kappa shape index (κ1) is 17.2. The molecule has 0 bridgehead atoms. The molecule has 4 rings (SSSR count). The number of hydrogen-bond acceptors (Lipinski definition) is 6. The van der Waals surface area contributed by atoms with Gasteiger partial charge in [-0.1, -0.05) is 12.1 Å². The van der Waals surface area contributed by atoms with Crippen molar-refractivity contribution in [2.75, 3.05) is 24.7 Å². The van der Waals surface area contributed by atoms with Crippen molar-refractivity contribution in [2.45, 2.75) is 18.9 Å². The predicted octanol–water partition coefficient (Wildman–Crippen LogP) is 1.07. The molecule has 140 valence electrons. The summed E-state index contributed by atoms with van der Waals surface area (Å²) < 4.78 is 13.9. The van der Waals surface area contributed by atoms with Crippen LogP contribution < -0.4 is 25.6 Å². The van der Waals surface area contributed by atoms with Crippen molar-refractivity contribution in [1.82, 2.24) is 9.13 Å². The molecule has 0 amide bonds.